The van der Waals surface area contributed by atoms with E-state index in [1.165, 1.54) is 10.9 Å². The lowest BCUT2D eigenvalue weighted by Gasteiger charge is -2.18. The molecule has 2 aliphatic rings. The number of ketones is 1. The largest absolute Gasteiger partial charge is 0.330 e. The maximum atomic E-state index is 13.9. The normalized spacial score (nSPS) is 18.8. The highest BCUT2D eigenvalue weighted by molar-refractivity contribution is 6.03. The molecule has 0 bridgehead atoms. The monoisotopic (exact) mass is 338 g/mol. The molecular formula is C17H15FN6O. The molecule has 1 unspecified atom stereocenters. The molecule has 4 heterocycles. The molecule has 25 heavy (non-hydrogen) atoms. The first-order valence-corrected chi connectivity index (χ1v) is 7.83. The SMILES string of the molecule is CC(=O)C1CN2C=C(c3nnn(-c4cccnc4F)c3C)C=CC2=N1. The number of fused-ring (bicyclic) bond motifs is 1. The molecule has 2 aliphatic heterocycles. The number of allylic oxidation sites excluding steroid dienone is 2. The van der Waals surface area contributed by atoms with Crippen molar-refractivity contribution >= 4 is 17.2 Å². The molecule has 2 aromatic heterocycles. The van der Waals surface area contributed by atoms with Crippen LogP contribution in [-0.4, -0.2) is 49.1 Å². The van der Waals surface area contributed by atoms with Crippen molar-refractivity contribution in [3.63, 3.8) is 0 Å². The van der Waals surface area contributed by atoms with Crippen LogP contribution in [0, 0.1) is 12.9 Å². The Hall–Kier alpha value is -3.16. The van der Waals surface area contributed by atoms with Crippen molar-refractivity contribution in [2.24, 2.45) is 4.99 Å². The van der Waals surface area contributed by atoms with Crippen LogP contribution in [0.4, 0.5) is 4.39 Å². The van der Waals surface area contributed by atoms with Crippen LogP contribution in [0.5, 0.6) is 0 Å². The molecule has 0 aliphatic carbocycles. The fourth-order valence-corrected chi connectivity index (χ4v) is 2.91. The van der Waals surface area contributed by atoms with E-state index in [2.05, 4.69) is 20.3 Å². The van der Waals surface area contributed by atoms with Crippen molar-refractivity contribution in [1.29, 1.82) is 0 Å². The highest BCUT2D eigenvalue weighted by atomic mass is 19.1. The number of amidine groups is 1. The molecule has 2 aromatic rings. The van der Waals surface area contributed by atoms with Crippen molar-refractivity contribution in [3.05, 3.63) is 54.0 Å². The summed E-state index contributed by atoms with van der Waals surface area (Å²) in [6.45, 7) is 3.88. The molecule has 0 amide bonds. The number of halogens is 1. The molecule has 7 nitrogen and oxygen atoms in total. The number of rotatable bonds is 3. The Bertz CT molecular complexity index is 958. The number of hydrogen-bond donors (Lipinski definition) is 0. The third kappa shape index (κ3) is 2.55. The van der Waals surface area contributed by atoms with Gasteiger partial charge in [-0.05, 0) is 38.1 Å². The summed E-state index contributed by atoms with van der Waals surface area (Å²) < 4.78 is 15.3. The number of aromatic nitrogens is 4. The molecule has 8 heteroatoms. The Morgan fingerprint density at radius 1 is 1.36 bits per heavy atom. The van der Waals surface area contributed by atoms with Crippen LogP contribution < -0.4 is 0 Å². The smallest absolute Gasteiger partial charge is 0.238 e. The standard InChI is InChI=1S/C17H15FN6O/c1-10-16(21-22-24(10)14-4-3-7-19-17(14)18)12-5-6-15-20-13(11(2)25)9-23(15)8-12/h3-8,13H,9H2,1-2H3. The van der Waals surface area contributed by atoms with Crippen LogP contribution in [0.1, 0.15) is 18.3 Å². The van der Waals surface area contributed by atoms with Gasteiger partial charge in [-0.25, -0.2) is 9.67 Å². The van der Waals surface area contributed by atoms with E-state index < -0.39 is 5.95 Å². The van der Waals surface area contributed by atoms with E-state index in [1.807, 2.05) is 30.2 Å². The molecular weight excluding hydrogens is 323 g/mol. The van der Waals surface area contributed by atoms with Crippen LogP contribution in [0.2, 0.25) is 0 Å². The van der Waals surface area contributed by atoms with E-state index >= 15 is 0 Å². The predicted molar refractivity (Wildman–Crippen MR) is 89.6 cm³/mol. The molecule has 0 aromatic carbocycles. The second kappa shape index (κ2) is 5.73. The van der Waals surface area contributed by atoms with Crippen LogP contribution >= 0.6 is 0 Å². The maximum absolute atomic E-state index is 13.9. The molecule has 0 fully saturated rings. The van der Waals surface area contributed by atoms with Gasteiger partial charge in [-0.1, -0.05) is 5.21 Å². The van der Waals surface area contributed by atoms with E-state index in [0.717, 1.165) is 11.4 Å². The number of hydrogen-bond acceptors (Lipinski definition) is 6. The molecule has 0 N–H and O–H groups in total. The molecule has 0 spiro atoms. The minimum Gasteiger partial charge on any atom is -0.330 e. The lowest BCUT2D eigenvalue weighted by Crippen LogP contribution is -2.27. The van der Waals surface area contributed by atoms with Crippen LogP contribution in [-0.2, 0) is 4.79 Å². The summed E-state index contributed by atoms with van der Waals surface area (Å²) in [5, 5.41) is 8.25. The van der Waals surface area contributed by atoms with Crippen molar-refractivity contribution in [1.82, 2.24) is 24.9 Å². The number of aliphatic imine (C=N–C) groups is 1. The summed E-state index contributed by atoms with van der Waals surface area (Å²) in [5.74, 6) is 0.195. The molecule has 0 radical (unpaired) electrons. The zero-order chi connectivity index (χ0) is 17.6. The first-order valence-electron chi connectivity index (χ1n) is 7.83. The van der Waals surface area contributed by atoms with Gasteiger partial charge in [0.15, 0.2) is 5.78 Å². The fourth-order valence-electron chi connectivity index (χ4n) is 2.91. The number of pyridine rings is 1. The van der Waals surface area contributed by atoms with Crippen LogP contribution in [0.25, 0.3) is 11.3 Å². The molecule has 126 valence electrons. The van der Waals surface area contributed by atoms with Gasteiger partial charge in [0.2, 0.25) is 5.95 Å². The minimum absolute atomic E-state index is 0.0411. The van der Waals surface area contributed by atoms with Gasteiger partial charge in [0.1, 0.15) is 23.3 Å². The topological polar surface area (TPSA) is 76.3 Å². The summed E-state index contributed by atoms with van der Waals surface area (Å²) in [4.78, 5) is 21.5. The summed E-state index contributed by atoms with van der Waals surface area (Å²) in [5.41, 5.74) is 2.42. The molecule has 0 saturated heterocycles. The van der Waals surface area contributed by atoms with Gasteiger partial charge >= 0.3 is 0 Å². The zero-order valence-corrected chi connectivity index (χ0v) is 13.7. The Balaban J connectivity index is 1.68. The number of Topliss-reactive ketones (excluding diaryl/α,β-unsaturated/α-hetero) is 1. The maximum Gasteiger partial charge on any atom is 0.238 e. The average Bonchev–Trinajstić information content (AvgIpc) is 3.18. The third-order valence-electron chi connectivity index (χ3n) is 4.26. The van der Waals surface area contributed by atoms with Crippen molar-refractivity contribution < 1.29 is 9.18 Å². The highest BCUT2D eigenvalue weighted by Gasteiger charge is 2.28. The van der Waals surface area contributed by atoms with Crippen LogP contribution in [0.3, 0.4) is 0 Å². The van der Waals surface area contributed by atoms with E-state index in [9.17, 15) is 9.18 Å². The van der Waals surface area contributed by atoms with Gasteiger partial charge in [-0.3, -0.25) is 9.79 Å². The minimum atomic E-state index is -0.603. The second-order valence-corrected chi connectivity index (χ2v) is 5.93. The van der Waals surface area contributed by atoms with Crippen molar-refractivity contribution in [2.75, 3.05) is 6.54 Å². The van der Waals surface area contributed by atoms with Gasteiger partial charge in [0.05, 0.1) is 12.2 Å². The summed E-state index contributed by atoms with van der Waals surface area (Å²) in [7, 11) is 0. The third-order valence-corrected chi connectivity index (χ3v) is 4.26. The van der Waals surface area contributed by atoms with E-state index in [0.29, 0.717) is 17.9 Å². The van der Waals surface area contributed by atoms with Gasteiger partial charge in [0.25, 0.3) is 0 Å². The van der Waals surface area contributed by atoms with E-state index in [4.69, 9.17) is 0 Å². The number of carbonyl (C=O) groups excluding carboxylic acids is 1. The fraction of sp³-hybridized carbons (Fsp3) is 0.235. The first-order chi connectivity index (χ1) is 12.0. The summed E-state index contributed by atoms with van der Waals surface area (Å²) >= 11 is 0. The molecule has 1 atom stereocenters. The first kappa shape index (κ1) is 15.4. The van der Waals surface area contributed by atoms with E-state index in [-0.39, 0.29) is 17.5 Å². The van der Waals surface area contributed by atoms with Gasteiger partial charge in [-0.15, -0.1) is 5.10 Å². The Morgan fingerprint density at radius 3 is 2.96 bits per heavy atom. The average molecular weight is 338 g/mol. The number of nitrogens with zero attached hydrogens (tertiary/aromatic N) is 6. The Morgan fingerprint density at radius 2 is 2.20 bits per heavy atom. The Kier molecular flexibility index (Phi) is 3.52. The lowest BCUT2D eigenvalue weighted by atomic mass is 10.1. The van der Waals surface area contributed by atoms with Gasteiger partial charge in [0, 0.05) is 18.0 Å². The highest BCUT2D eigenvalue weighted by Crippen LogP contribution is 2.26. The lowest BCUT2D eigenvalue weighted by molar-refractivity contribution is -0.118. The Labute approximate surface area is 143 Å². The molecule has 4 rings (SSSR count). The van der Waals surface area contributed by atoms with Crippen LogP contribution in [0.15, 0.2) is 41.7 Å². The number of carbonyl (C=O) groups is 1. The van der Waals surface area contributed by atoms with Crippen molar-refractivity contribution in [2.45, 2.75) is 19.9 Å². The van der Waals surface area contributed by atoms with Gasteiger partial charge < -0.3 is 4.90 Å². The van der Waals surface area contributed by atoms with E-state index in [1.54, 1.807) is 19.1 Å². The summed E-state index contributed by atoms with van der Waals surface area (Å²) in [6, 6.07) is 2.91. The summed E-state index contributed by atoms with van der Waals surface area (Å²) in [6.07, 6.45) is 7.00. The zero-order valence-electron chi connectivity index (χ0n) is 13.7. The quantitative estimate of drug-likeness (QED) is 0.796. The van der Waals surface area contributed by atoms with Crippen molar-refractivity contribution in [3.8, 4) is 5.69 Å². The van der Waals surface area contributed by atoms with Gasteiger partial charge in [-0.2, -0.15) is 4.39 Å². The predicted octanol–water partition coefficient (Wildman–Crippen LogP) is 1.69. The molecule has 0 saturated carbocycles. The second-order valence-electron chi connectivity index (χ2n) is 5.93.